The van der Waals surface area contributed by atoms with Crippen molar-refractivity contribution in [2.24, 2.45) is 11.1 Å². The number of halogens is 1. The first kappa shape index (κ1) is 17.1. The van der Waals surface area contributed by atoms with Gasteiger partial charge in [-0.2, -0.15) is 11.8 Å². The number of hydrogen-bond acceptors (Lipinski definition) is 3. The SMILES string of the molecule is CC(c1ccccc1Cl)N(C)C1(CN)CSCCC1(C)C. The number of rotatable bonds is 4. The maximum atomic E-state index is 6.40. The zero-order chi connectivity index (χ0) is 15.7. The Kier molecular flexibility index (Phi) is 5.30. The molecule has 21 heavy (non-hydrogen) atoms. The van der Waals surface area contributed by atoms with E-state index in [1.54, 1.807) is 0 Å². The number of likely N-dealkylation sites (N-methyl/N-ethyl adjacent to an activating group) is 1. The molecule has 2 nitrogen and oxygen atoms in total. The van der Waals surface area contributed by atoms with Gasteiger partial charge in [0.1, 0.15) is 0 Å². The van der Waals surface area contributed by atoms with Crippen molar-refractivity contribution in [3.05, 3.63) is 34.9 Å². The third-order valence-corrected chi connectivity index (χ3v) is 6.94. The van der Waals surface area contributed by atoms with Gasteiger partial charge in [0, 0.05) is 28.9 Å². The van der Waals surface area contributed by atoms with Crippen LogP contribution in [0.2, 0.25) is 5.02 Å². The van der Waals surface area contributed by atoms with E-state index in [4.69, 9.17) is 17.3 Å². The summed E-state index contributed by atoms with van der Waals surface area (Å²) in [5.74, 6) is 2.31. The van der Waals surface area contributed by atoms with Crippen molar-refractivity contribution in [1.29, 1.82) is 0 Å². The van der Waals surface area contributed by atoms with Gasteiger partial charge in [0.15, 0.2) is 0 Å². The maximum absolute atomic E-state index is 6.40. The van der Waals surface area contributed by atoms with Crippen LogP contribution in [0.1, 0.15) is 38.8 Å². The predicted molar refractivity (Wildman–Crippen MR) is 95.1 cm³/mol. The Morgan fingerprint density at radius 1 is 1.38 bits per heavy atom. The molecule has 2 atom stereocenters. The second-order valence-electron chi connectivity index (χ2n) is 6.73. The molecule has 4 heteroatoms. The standard InChI is InChI=1S/C17H27ClN2S/c1-13(14-7-5-6-8-15(14)18)20(4)17(11-19)12-21-10-9-16(17,2)3/h5-8,13H,9-12,19H2,1-4H3. The fourth-order valence-electron chi connectivity index (χ4n) is 3.45. The highest BCUT2D eigenvalue weighted by atomic mass is 35.5. The van der Waals surface area contributed by atoms with E-state index < -0.39 is 0 Å². The van der Waals surface area contributed by atoms with Gasteiger partial charge in [-0.15, -0.1) is 0 Å². The van der Waals surface area contributed by atoms with Gasteiger partial charge in [0.05, 0.1) is 0 Å². The van der Waals surface area contributed by atoms with Gasteiger partial charge in [-0.25, -0.2) is 0 Å². The Morgan fingerprint density at radius 3 is 2.62 bits per heavy atom. The highest BCUT2D eigenvalue weighted by molar-refractivity contribution is 7.99. The van der Waals surface area contributed by atoms with Gasteiger partial charge in [0.25, 0.3) is 0 Å². The second kappa shape index (κ2) is 6.49. The lowest BCUT2D eigenvalue weighted by atomic mass is 9.69. The van der Waals surface area contributed by atoms with Crippen LogP contribution in [0.5, 0.6) is 0 Å². The fraction of sp³-hybridized carbons (Fsp3) is 0.647. The van der Waals surface area contributed by atoms with Gasteiger partial charge in [-0.1, -0.05) is 43.6 Å². The smallest absolute Gasteiger partial charge is 0.0475 e. The normalized spacial score (nSPS) is 26.8. The van der Waals surface area contributed by atoms with Crippen LogP contribution < -0.4 is 5.73 Å². The summed E-state index contributed by atoms with van der Waals surface area (Å²) < 4.78 is 0. The van der Waals surface area contributed by atoms with Crippen molar-refractivity contribution >= 4 is 23.4 Å². The van der Waals surface area contributed by atoms with E-state index in [0.717, 1.165) is 10.8 Å². The summed E-state index contributed by atoms with van der Waals surface area (Å²) >= 11 is 8.42. The molecule has 1 heterocycles. The minimum atomic E-state index is 0.00844. The van der Waals surface area contributed by atoms with Crippen molar-refractivity contribution in [2.45, 2.75) is 38.8 Å². The van der Waals surface area contributed by atoms with Crippen LogP contribution in [-0.4, -0.2) is 35.5 Å². The molecule has 2 rings (SSSR count). The molecule has 2 N–H and O–H groups in total. The Bertz CT molecular complexity index is 491. The van der Waals surface area contributed by atoms with Gasteiger partial charge in [-0.05, 0) is 43.2 Å². The summed E-state index contributed by atoms with van der Waals surface area (Å²) in [6.45, 7) is 7.62. The van der Waals surface area contributed by atoms with E-state index in [2.05, 4.69) is 44.9 Å². The molecule has 0 radical (unpaired) electrons. The molecule has 118 valence electrons. The van der Waals surface area contributed by atoms with Crippen LogP contribution >= 0.6 is 23.4 Å². The number of nitrogens with two attached hydrogens (primary N) is 1. The van der Waals surface area contributed by atoms with Crippen LogP contribution in [0.15, 0.2) is 24.3 Å². The molecule has 0 amide bonds. The van der Waals surface area contributed by atoms with E-state index in [9.17, 15) is 0 Å². The number of thioether (sulfide) groups is 1. The first-order chi connectivity index (χ1) is 9.85. The van der Waals surface area contributed by atoms with Crippen molar-refractivity contribution in [3.63, 3.8) is 0 Å². The molecular formula is C17H27ClN2S. The summed E-state index contributed by atoms with van der Waals surface area (Å²) in [5, 5.41) is 0.838. The summed E-state index contributed by atoms with van der Waals surface area (Å²) in [6.07, 6.45) is 1.20. The predicted octanol–water partition coefficient (Wildman–Crippen LogP) is 4.19. The average Bonchev–Trinajstić information content (AvgIpc) is 2.46. The van der Waals surface area contributed by atoms with E-state index in [1.165, 1.54) is 17.7 Å². The summed E-state index contributed by atoms with van der Waals surface area (Å²) in [6, 6.07) is 8.38. The molecule has 2 unspecified atom stereocenters. The molecule has 0 spiro atoms. The zero-order valence-corrected chi connectivity index (χ0v) is 15.1. The summed E-state index contributed by atoms with van der Waals surface area (Å²) in [5.41, 5.74) is 7.68. The minimum Gasteiger partial charge on any atom is -0.329 e. The Labute approximate surface area is 138 Å². The largest absolute Gasteiger partial charge is 0.329 e. The number of hydrogen-bond donors (Lipinski definition) is 1. The van der Waals surface area contributed by atoms with Crippen molar-refractivity contribution in [1.82, 2.24) is 4.90 Å². The molecule has 1 aromatic carbocycles. The van der Waals surface area contributed by atoms with Crippen molar-refractivity contribution in [2.75, 3.05) is 25.1 Å². The van der Waals surface area contributed by atoms with E-state index in [1.807, 2.05) is 23.9 Å². The molecule has 0 aliphatic carbocycles. The van der Waals surface area contributed by atoms with Gasteiger partial charge in [0.2, 0.25) is 0 Å². The minimum absolute atomic E-state index is 0.00844. The average molecular weight is 327 g/mol. The van der Waals surface area contributed by atoms with E-state index in [0.29, 0.717) is 6.54 Å². The number of benzene rings is 1. The van der Waals surface area contributed by atoms with Gasteiger partial charge in [-0.3, -0.25) is 4.90 Å². The third-order valence-electron chi connectivity index (χ3n) is 5.42. The molecule has 1 aliphatic heterocycles. The van der Waals surface area contributed by atoms with Crippen molar-refractivity contribution in [3.8, 4) is 0 Å². The van der Waals surface area contributed by atoms with Crippen LogP contribution in [-0.2, 0) is 0 Å². The quantitative estimate of drug-likeness (QED) is 0.899. The molecule has 1 saturated heterocycles. The third kappa shape index (κ3) is 2.98. The van der Waals surface area contributed by atoms with Crippen LogP contribution in [0.3, 0.4) is 0 Å². The lowest BCUT2D eigenvalue weighted by Crippen LogP contribution is -2.65. The summed E-state index contributed by atoms with van der Waals surface area (Å²) in [7, 11) is 2.20. The highest BCUT2D eigenvalue weighted by Crippen LogP contribution is 2.47. The molecule has 0 aromatic heterocycles. The molecule has 1 fully saturated rings. The Morgan fingerprint density at radius 2 is 2.05 bits per heavy atom. The molecule has 1 aromatic rings. The first-order valence-electron chi connectivity index (χ1n) is 7.61. The highest BCUT2D eigenvalue weighted by Gasteiger charge is 2.50. The zero-order valence-electron chi connectivity index (χ0n) is 13.5. The molecular weight excluding hydrogens is 300 g/mol. The van der Waals surface area contributed by atoms with Gasteiger partial charge >= 0.3 is 0 Å². The Balaban J connectivity index is 2.36. The molecule has 0 bridgehead atoms. The van der Waals surface area contributed by atoms with E-state index in [-0.39, 0.29) is 17.0 Å². The number of nitrogens with zero attached hydrogens (tertiary/aromatic N) is 1. The van der Waals surface area contributed by atoms with Gasteiger partial charge < -0.3 is 5.73 Å². The van der Waals surface area contributed by atoms with E-state index >= 15 is 0 Å². The molecule has 1 aliphatic rings. The topological polar surface area (TPSA) is 29.3 Å². The fourth-order valence-corrected chi connectivity index (χ4v) is 5.59. The lowest BCUT2D eigenvalue weighted by molar-refractivity contribution is -0.00487. The molecule has 0 saturated carbocycles. The van der Waals surface area contributed by atoms with Crippen LogP contribution in [0, 0.1) is 5.41 Å². The van der Waals surface area contributed by atoms with Crippen LogP contribution in [0.4, 0.5) is 0 Å². The first-order valence-corrected chi connectivity index (χ1v) is 9.14. The second-order valence-corrected chi connectivity index (χ2v) is 8.24. The van der Waals surface area contributed by atoms with Crippen molar-refractivity contribution < 1.29 is 0 Å². The maximum Gasteiger partial charge on any atom is 0.0475 e. The van der Waals surface area contributed by atoms with Crippen LogP contribution in [0.25, 0.3) is 0 Å². The lowest BCUT2D eigenvalue weighted by Gasteiger charge is -2.56. The summed E-state index contributed by atoms with van der Waals surface area (Å²) in [4.78, 5) is 2.46. The Hall–Kier alpha value is -0.220. The monoisotopic (exact) mass is 326 g/mol.